The van der Waals surface area contributed by atoms with Gasteiger partial charge in [-0.25, -0.2) is 0 Å². The molecule has 2 unspecified atom stereocenters. The van der Waals surface area contributed by atoms with Crippen molar-refractivity contribution in [2.24, 2.45) is 0 Å². The summed E-state index contributed by atoms with van der Waals surface area (Å²) in [5.41, 5.74) is 0.879. The quantitative estimate of drug-likeness (QED) is 0.751. The van der Waals surface area contributed by atoms with E-state index in [0.717, 1.165) is 10.5 Å². The molecule has 1 saturated heterocycles. The summed E-state index contributed by atoms with van der Waals surface area (Å²) >= 11 is 1.42. The highest BCUT2D eigenvalue weighted by Gasteiger charge is 2.47. The van der Waals surface area contributed by atoms with Gasteiger partial charge in [0.25, 0.3) is 0 Å². The van der Waals surface area contributed by atoms with E-state index >= 15 is 0 Å². The van der Waals surface area contributed by atoms with Crippen LogP contribution in [0, 0.1) is 0 Å². The van der Waals surface area contributed by atoms with Gasteiger partial charge in [-0.2, -0.15) is 0 Å². The van der Waals surface area contributed by atoms with Gasteiger partial charge in [0.2, 0.25) is 12.2 Å². The number of amides is 1. The van der Waals surface area contributed by atoms with Crippen molar-refractivity contribution in [3.63, 3.8) is 0 Å². The fourth-order valence-corrected chi connectivity index (χ4v) is 4.07. The molecule has 0 radical (unpaired) electrons. The summed E-state index contributed by atoms with van der Waals surface area (Å²) in [4.78, 5) is 12.5. The molecule has 0 aromatic heterocycles. The minimum atomic E-state index is -0.938. The van der Waals surface area contributed by atoms with Gasteiger partial charge in [-0.15, -0.1) is 11.8 Å². The molecule has 5 atom stereocenters. The predicted molar refractivity (Wildman–Crippen MR) is 85.5 cm³/mol. The number of likely N-dealkylation sites (N-methyl/N-ethyl adjacent to an activating group) is 1. The molecule has 1 aromatic rings. The largest absolute Gasteiger partial charge is 0.462 e. The smallest absolute Gasteiger partial charge is 0.224 e. The van der Waals surface area contributed by atoms with Gasteiger partial charge in [-0.3, -0.25) is 4.79 Å². The first-order valence-electron chi connectivity index (χ1n) is 7.74. The van der Waals surface area contributed by atoms with Crippen LogP contribution in [0.25, 0.3) is 0 Å². The second kappa shape index (κ2) is 6.68. The van der Waals surface area contributed by atoms with Crippen LogP contribution >= 0.6 is 11.8 Å². The molecule has 1 aromatic carbocycles. The summed E-state index contributed by atoms with van der Waals surface area (Å²) in [5, 5.41) is 22.6. The van der Waals surface area contributed by atoms with Gasteiger partial charge in [0.05, 0.1) is 17.4 Å². The predicted octanol–water partition coefficient (Wildman–Crippen LogP) is 0.685. The zero-order valence-corrected chi connectivity index (χ0v) is 13.9. The van der Waals surface area contributed by atoms with E-state index in [2.05, 4.69) is 5.32 Å². The van der Waals surface area contributed by atoms with Crippen LogP contribution in [0.4, 0.5) is 0 Å². The second-order valence-corrected chi connectivity index (χ2v) is 7.02. The Bertz CT molecular complexity index is 596. The molecule has 0 spiro atoms. The van der Waals surface area contributed by atoms with E-state index in [1.54, 1.807) is 6.92 Å². The number of benzene rings is 1. The molecule has 0 aliphatic carbocycles. The number of aliphatic hydroxyl groups excluding tert-OH is 2. The van der Waals surface area contributed by atoms with Crippen molar-refractivity contribution in [3.8, 4) is 5.75 Å². The number of rotatable bonds is 3. The third-order valence-corrected chi connectivity index (χ3v) is 5.38. The Morgan fingerprint density at radius 3 is 2.87 bits per heavy atom. The van der Waals surface area contributed by atoms with Gasteiger partial charge >= 0.3 is 0 Å². The second-order valence-electron chi connectivity index (χ2n) is 5.80. The highest BCUT2D eigenvalue weighted by molar-refractivity contribution is 8.00. The highest BCUT2D eigenvalue weighted by atomic mass is 32.2. The molecule has 2 aliphatic heterocycles. The standard InChI is InChI=1S/C16H21NO5S/c1-3-17-12(18)7-9-4-5-10-11(6-9)23-15-14(20)13(19)8(2)21-16(15)22-10/h4-6,8,13-16,19-20H,3,7H2,1-2H3,(H,17,18)/t8-,13+,14?,15-,16?/m0/s1. The number of carbonyl (C=O) groups is 1. The lowest BCUT2D eigenvalue weighted by Gasteiger charge is -2.43. The topological polar surface area (TPSA) is 88.0 Å². The molecule has 3 N–H and O–H groups in total. The average molecular weight is 339 g/mol. The van der Waals surface area contributed by atoms with Gasteiger partial charge in [0.15, 0.2) is 0 Å². The van der Waals surface area contributed by atoms with Crippen molar-refractivity contribution in [2.75, 3.05) is 6.54 Å². The first kappa shape index (κ1) is 16.6. The molecular weight excluding hydrogens is 318 g/mol. The van der Waals surface area contributed by atoms with Crippen molar-refractivity contribution in [1.82, 2.24) is 5.32 Å². The van der Waals surface area contributed by atoms with Crippen molar-refractivity contribution in [1.29, 1.82) is 0 Å². The molecule has 126 valence electrons. The molecule has 0 bridgehead atoms. The van der Waals surface area contributed by atoms with Crippen LogP contribution in [-0.4, -0.2) is 52.5 Å². The Labute approximate surface area is 139 Å². The van der Waals surface area contributed by atoms with E-state index < -0.39 is 29.9 Å². The summed E-state index contributed by atoms with van der Waals surface area (Å²) < 4.78 is 11.5. The summed E-state index contributed by atoms with van der Waals surface area (Å²) in [6, 6.07) is 5.56. The third-order valence-electron chi connectivity index (χ3n) is 4.04. The minimum absolute atomic E-state index is 0.0302. The number of hydrogen-bond donors (Lipinski definition) is 3. The van der Waals surface area contributed by atoms with E-state index in [0.29, 0.717) is 18.7 Å². The average Bonchev–Trinajstić information content (AvgIpc) is 2.52. The normalized spacial score (nSPS) is 32.4. The molecule has 0 saturated carbocycles. The van der Waals surface area contributed by atoms with Gasteiger partial charge in [-0.05, 0) is 31.5 Å². The number of carbonyl (C=O) groups excluding carboxylic acids is 1. The van der Waals surface area contributed by atoms with E-state index in [9.17, 15) is 15.0 Å². The maximum absolute atomic E-state index is 11.7. The van der Waals surface area contributed by atoms with E-state index in [1.165, 1.54) is 11.8 Å². The number of thioether (sulfide) groups is 1. The Balaban J connectivity index is 1.78. The van der Waals surface area contributed by atoms with Crippen molar-refractivity contribution >= 4 is 17.7 Å². The van der Waals surface area contributed by atoms with Crippen molar-refractivity contribution in [2.45, 2.75) is 55.0 Å². The molecule has 2 aliphatic rings. The Kier molecular flexibility index (Phi) is 4.82. The van der Waals surface area contributed by atoms with Crippen LogP contribution < -0.4 is 10.1 Å². The zero-order valence-electron chi connectivity index (χ0n) is 13.1. The van der Waals surface area contributed by atoms with Crippen LogP contribution in [0.1, 0.15) is 19.4 Å². The third kappa shape index (κ3) is 3.33. The zero-order chi connectivity index (χ0) is 16.6. The lowest BCUT2D eigenvalue weighted by atomic mass is 10.0. The van der Waals surface area contributed by atoms with Crippen LogP contribution in [0.5, 0.6) is 5.75 Å². The van der Waals surface area contributed by atoms with E-state index in [-0.39, 0.29) is 5.91 Å². The first-order chi connectivity index (χ1) is 11.0. The molecule has 6 nitrogen and oxygen atoms in total. The number of aliphatic hydroxyl groups is 2. The van der Waals surface area contributed by atoms with E-state index in [1.807, 2.05) is 25.1 Å². The van der Waals surface area contributed by atoms with Crippen LogP contribution in [-0.2, 0) is 16.0 Å². The Hall–Kier alpha value is -1.28. The number of ether oxygens (including phenoxy) is 2. The summed E-state index contributed by atoms with van der Waals surface area (Å²) in [5.74, 6) is 0.643. The van der Waals surface area contributed by atoms with Crippen molar-refractivity contribution in [3.05, 3.63) is 23.8 Å². The lowest BCUT2D eigenvalue weighted by Crippen LogP contribution is -2.57. The van der Waals surface area contributed by atoms with Gasteiger partial charge in [0, 0.05) is 6.54 Å². The Morgan fingerprint density at radius 2 is 2.13 bits per heavy atom. The molecule has 7 heteroatoms. The molecule has 1 fully saturated rings. The van der Waals surface area contributed by atoms with Crippen LogP contribution in [0.2, 0.25) is 0 Å². The van der Waals surface area contributed by atoms with Crippen LogP contribution in [0.15, 0.2) is 23.1 Å². The van der Waals surface area contributed by atoms with Gasteiger partial charge in [-0.1, -0.05) is 6.07 Å². The number of fused-ring (bicyclic) bond motifs is 2. The monoisotopic (exact) mass is 339 g/mol. The number of nitrogens with one attached hydrogen (secondary N) is 1. The fourth-order valence-electron chi connectivity index (χ4n) is 2.79. The fraction of sp³-hybridized carbons (Fsp3) is 0.562. The summed E-state index contributed by atoms with van der Waals surface area (Å²) in [6.45, 7) is 4.19. The van der Waals surface area contributed by atoms with Crippen molar-refractivity contribution < 1.29 is 24.5 Å². The minimum Gasteiger partial charge on any atom is -0.462 e. The summed E-state index contributed by atoms with van der Waals surface area (Å²) in [6.07, 6.45) is -2.63. The molecular formula is C16H21NO5S. The molecule has 2 heterocycles. The van der Waals surface area contributed by atoms with Gasteiger partial charge in [0.1, 0.15) is 23.2 Å². The maximum atomic E-state index is 11.7. The lowest BCUT2D eigenvalue weighted by molar-refractivity contribution is -0.213. The number of hydrogen-bond acceptors (Lipinski definition) is 6. The van der Waals surface area contributed by atoms with Crippen LogP contribution in [0.3, 0.4) is 0 Å². The van der Waals surface area contributed by atoms with E-state index in [4.69, 9.17) is 9.47 Å². The molecule has 3 rings (SSSR count). The molecule has 23 heavy (non-hydrogen) atoms. The first-order valence-corrected chi connectivity index (χ1v) is 8.62. The molecule has 1 amide bonds. The SMILES string of the molecule is CCNC(=O)Cc1ccc2c(c1)S[C@@H]1C(O2)O[C@@H](C)[C@@H](O)C1O. The highest BCUT2D eigenvalue weighted by Crippen LogP contribution is 2.44. The summed E-state index contributed by atoms with van der Waals surface area (Å²) in [7, 11) is 0. The Morgan fingerprint density at radius 1 is 1.35 bits per heavy atom. The maximum Gasteiger partial charge on any atom is 0.224 e. The van der Waals surface area contributed by atoms with Gasteiger partial charge < -0.3 is 25.0 Å².